The van der Waals surface area contributed by atoms with E-state index in [2.05, 4.69) is 4.98 Å². The number of nitrogens with zero attached hydrogens (tertiary/aromatic N) is 1. The van der Waals surface area contributed by atoms with E-state index in [0.717, 1.165) is 0 Å². The molecule has 0 fully saturated rings. The number of hydrogen-bond acceptors (Lipinski definition) is 3. The fourth-order valence-electron chi connectivity index (χ4n) is 0.973. The van der Waals surface area contributed by atoms with Gasteiger partial charge in [-0.3, -0.25) is 4.79 Å². The SMILES string of the molecule is NC(Cc1cc(Cl)nc(Cl)c1)C(=O)O. The largest absolute Gasteiger partial charge is 0.480 e. The zero-order valence-corrected chi connectivity index (χ0v) is 8.59. The molecule has 1 rings (SSSR count). The molecule has 0 radical (unpaired) electrons. The molecule has 4 nitrogen and oxygen atoms in total. The highest BCUT2D eigenvalue weighted by atomic mass is 35.5. The molecule has 0 spiro atoms. The van der Waals surface area contributed by atoms with Crippen molar-refractivity contribution in [2.24, 2.45) is 5.73 Å². The molecule has 1 aromatic heterocycles. The van der Waals surface area contributed by atoms with E-state index in [0.29, 0.717) is 5.56 Å². The predicted octanol–water partition coefficient (Wildman–Crippen LogP) is 1.34. The van der Waals surface area contributed by atoms with Crippen LogP contribution in [0.4, 0.5) is 0 Å². The van der Waals surface area contributed by atoms with Gasteiger partial charge in [0.05, 0.1) is 0 Å². The van der Waals surface area contributed by atoms with Crippen LogP contribution in [0.1, 0.15) is 5.56 Å². The third-order valence-electron chi connectivity index (χ3n) is 1.60. The average Bonchev–Trinajstić information content (AvgIpc) is 2.01. The van der Waals surface area contributed by atoms with Crippen LogP contribution in [0.3, 0.4) is 0 Å². The highest BCUT2D eigenvalue weighted by Crippen LogP contribution is 2.15. The first-order valence-corrected chi connectivity index (χ1v) is 4.55. The molecule has 76 valence electrons. The second kappa shape index (κ2) is 4.59. The van der Waals surface area contributed by atoms with E-state index in [1.807, 2.05) is 0 Å². The average molecular weight is 235 g/mol. The van der Waals surface area contributed by atoms with Crippen LogP contribution < -0.4 is 5.73 Å². The maximum atomic E-state index is 10.5. The van der Waals surface area contributed by atoms with Gasteiger partial charge in [-0.15, -0.1) is 0 Å². The number of carboxylic acids is 1. The van der Waals surface area contributed by atoms with Crippen LogP contribution in [-0.4, -0.2) is 22.1 Å². The monoisotopic (exact) mass is 234 g/mol. The fourth-order valence-corrected chi connectivity index (χ4v) is 1.48. The first kappa shape index (κ1) is 11.2. The molecule has 0 saturated carbocycles. The molecule has 1 heterocycles. The third-order valence-corrected chi connectivity index (χ3v) is 1.98. The number of carboxylic acid groups (broad SMARTS) is 1. The Morgan fingerprint density at radius 3 is 2.43 bits per heavy atom. The Bertz CT molecular complexity index is 337. The van der Waals surface area contributed by atoms with Gasteiger partial charge in [-0.2, -0.15) is 0 Å². The quantitative estimate of drug-likeness (QED) is 0.775. The second-order valence-corrected chi connectivity index (χ2v) is 3.54. The molecule has 0 aliphatic carbocycles. The van der Waals surface area contributed by atoms with Crippen LogP contribution in [0.5, 0.6) is 0 Å². The second-order valence-electron chi connectivity index (χ2n) is 2.77. The maximum absolute atomic E-state index is 10.5. The smallest absolute Gasteiger partial charge is 0.320 e. The van der Waals surface area contributed by atoms with Gasteiger partial charge in [0.1, 0.15) is 16.3 Å². The first-order chi connectivity index (χ1) is 6.49. The van der Waals surface area contributed by atoms with Crippen molar-refractivity contribution in [3.63, 3.8) is 0 Å². The Morgan fingerprint density at radius 1 is 1.50 bits per heavy atom. The van der Waals surface area contributed by atoms with E-state index < -0.39 is 12.0 Å². The Hall–Kier alpha value is -0.840. The van der Waals surface area contributed by atoms with Crippen molar-refractivity contribution in [3.05, 3.63) is 28.0 Å². The van der Waals surface area contributed by atoms with Gasteiger partial charge in [0.15, 0.2) is 0 Å². The van der Waals surface area contributed by atoms with Gasteiger partial charge in [-0.25, -0.2) is 4.98 Å². The summed E-state index contributed by atoms with van der Waals surface area (Å²) in [5.41, 5.74) is 6.00. The lowest BCUT2D eigenvalue weighted by Gasteiger charge is -2.06. The lowest BCUT2D eigenvalue weighted by atomic mass is 10.1. The Morgan fingerprint density at radius 2 is 2.00 bits per heavy atom. The molecule has 0 saturated heterocycles. The van der Waals surface area contributed by atoms with E-state index in [4.69, 9.17) is 34.0 Å². The van der Waals surface area contributed by atoms with Crippen molar-refractivity contribution in [2.45, 2.75) is 12.5 Å². The van der Waals surface area contributed by atoms with Crippen LogP contribution in [0, 0.1) is 0 Å². The number of aliphatic carboxylic acids is 1. The molecule has 14 heavy (non-hydrogen) atoms. The van der Waals surface area contributed by atoms with E-state index in [9.17, 15) is 4.79 Å². The highest BCUT2D eigenvalue weighted by Gasteiger charge is 2.12. The summed E-state index contributed by atoms with van der Waals surface area (Å²) in [5, 5.41) is 9.03. The molecule has 0 aromatic carbocycles. The van der Waals surface area contributed by atoms with Crippen LogP contribution in [0.2, 0.25) is 10.3 Å². The summed E-state index contributed by atoms with van der Waals surface area (Å²) in [6.45, 7) is 0. The molecular formula is C8H8Cl2N2O2. The van der Waals surface area contributed by atoms with E-state index >= 15 is 0 Å². The van der Waals surface area contributed by atoms with Gasteiger partial charge in [0.2, 0.25) is 0 Å². The van der Waals surface area contributed by atoms with Crippen molar-refractivity contribution in [1.82, 2.24) is 4.98 Å². The minimum absolute atomic E-state index is 0.178. The van der Waals surface area contributed by atoms with E-state index in [1.54, 1.807) is 0 Å². The minimum atomic E-state index is -1.06. The van der Waals surface area contributed by atoms with Gasteiger partial charge in [0.25, 0.3) is 0 Å². The molecule has 6 heteroatoms. The summed E-state index contributed by atoms with van der Waals surface area (Å²) in [4.78, 5) is 14.2. The number of carbonyl (C=O) groups is 1. The zero-order valence-electron chi connectivity index (χ0n) is 7.08. The fraction of sp³-hybridized carbons (Fsp3) is 0.250. The summed E-state index contributed by atoms with van der Waals surface area (Å²) in [7, 11) is 0. The van der Waals surface area contributed by atoms with Crippen molar-refractivity contribution in [1.29, 1.82) is 0 Å². The van der Waals surface area contributed by atoms with Gasteiger partial charge in [-0.1, -0.05) is 23.2 Å². The van der Waals surface area contributed by atoms with Crippen LogP contribution in [0.15, 0.2) is 12.1 Å². The Balaban J connectivity index is 2.81. The molecule has 1 unspecified atom stereocenters. The summed E-state index contributed by atoms with van der Waals surface area (Å²) in [6, 6.07) is 2.12. The number of aromatic nitrogens is 1. The van der Waals surface area contributed by atoms with Crippen LogP contribution in [0.25, 0.3) is 0 Å². The van der Waals surface area contributed by atoms with Crippen molar-refractivity contribution in [2.75, 3.05) is 0 Å². The summed E-state index contributed by atoms with van der Waals surface area (Å²) in [6.07, 6.45) is 0.178. The molecule has 1 aromatic rings. The normalized spacial score (nSPS) is 12.5. The number of rotatable bonds is 3. The van der Waals surface area contributed by atoms with Crippen molar-refractivity contribution in [3.8, 4) is 0 Å². The molecule has 0 aliphatic heterocycles. The third kappa shape index (κ3) is 3.14. The summed E-state index contributed by atoms with van der Waals surface area (Å²) in [5.74, 6) is -1.06. The molecule has 0 aliphatic rings. The van der Waals surface area contributed by atoms with E-state index in [-0.39, 0.29) is 16.7 Å². The van der Waals surface area contributed by atoms with Crippen molar-refractivity contribution < 1.29 is 9.90 Å². The summed E-state index contributed by atoms with van der Waals surface area (Å²) < 4.78 is 0. The maximum Gasteiger partial charge on any atom is 0.320 e. The topological polar surface area (TPSA) is 76.2 Å². The predicted molar refractivity (Wildman–Crippen MR) is 53.6 cm³/mol. The molecular weight excluding hydrogens is 227 g/mol. The van der Waals surface area contributed by atoms with Gasteiger partial charge >= 0.3 is 5.97 Å². The summed E-state index contributed by atoms with van der Waals surface area (Å²) >= 11 is 11.3. The van der Waals surface area contributed by atoms with Gasteiger partial charge < -0.3 is 10.8 Å². The number of pyridine rings is 1. The molecule has 1 atom stereocenters. The molecule has 0 bridgehead atoms. The molecule has 3 N–H and O–H groups in total. The minimum Gasteiger partial charge on any atom is -0.480 e. The lowest BCUT2D eigenvalue weighted by molar-refractivity contribution is -0.138. The van der Waals surface area contributed by atoms with Crippen molar-refractivity contribution >= 4 is 29.2 Å². The first-order valence-electron chi connectivity index (χ1n) is 3.79. The number of halogens is 2. The van der Waals surface area contributed by atoms with Crippen LogP contribution in [-0.2, 0) is 11.2 Å². The standard InChI is InChI=1S/C8H8Cl2N2O2/c9-6-2-4(3-7(10)12-6)1-5(11)8(13)14/h2-3,5H,1,11H2,(H,13,14). The van der Waals surface area contributed by atoms with Gasteiger partial charge in [-0.05, 0) is 24.1 Å². The van der Waals surface area contributed by atoms with Crippen LogP contribution >= 0.6 is 23.2 Å². The van der Waals surface area contributed by atoms with E-state index in [1.165, 1.54) is 12.1 Å². The zero-order chi connectivity index (χ0) is 10.7. The molecule has 0 amide bonds. The highest BCUT2D eigenvalue weighted by molar-refractivity contribution is 6.32. The van der Waals surface area contributed by atoms with Gasteiger partial charge in [0, 0.05) is 0 Å². The Kier molecular flexibility index (Phi) is 3.69. The lowest BCUT2D eigenvalue weighted by Crippen LogP contribution is -2.32. The number of hydrogen-bond donors (Lipinski definition) is 2. The number of nitrogens with two attached hydrogens (primary N) is 1. The Labute approximate surface area is 90.6 Å².